The number of nitriles is 1. The van der Waals surface area contributed by atoms with Crippen LogP contribution in [0, 0.1) is 11.3 Å². The molecule has 0 fully saturated rings. The van der Waals surface area contributed by atoms with Crippen molar-refractivity contribution in [1.29, 1.82) is 5.26 Å². The number of anilines is 1. The van der Waals surface area contributed by atoms with Gasteiger partial charge in [-0.1, -0.05) is 48.5 Å². The van der Waals surface area contributed by atoms with Gasteiger partial charge in [-0.2, -0.15) is 5.26 Å². The molecule has 152 valence electrons. The third-order valence-corrected chi connectivity index (χ3v) is 5.83. The van der Waals surface area contributed by atoms with Gasteiger partial charge in [-0.3, -0.25) is 9.52 Å². The number of benzene rings is 3. The Morgan fingerprint density at radius 1 is 0.900 bits per heavy atom. The standard InChI is InChI=1S/C23H21N3O3S/c24-16-7-17-26(18-19-8-3-1-4-9-19)23(27)20-12-14-22(15-13-20)30(28,29)25-21-10-5-2-6-11-21/h1-6,8-15,25H,7,17-18H2. The second-order valence-corrected chi connectivity index (χ2v) is 8.30. The number of para-hydroxylation sites is 1. The molecule has 0 heterocycles. The summed E-state index contributed by atoms with van der Waals surface area (Å²) >= 11 is 0. The number of hydrogen-bond donors (Lipinski definition) is 1. The average Bonchev–Trinajstić information content (AvgIpc) is 2.77. The van der Waals surface area contributed by atoms with Crippen LogP contribution in [0.15, 0.2) is 89.8 Å². The molecule has 1 amide bonds. The Kier molecular flexibility index (Phi) is 6.83. The number of hydrogen-bond acceptors (Lipinski definition) is 4. The van der Waals surface area contributed by atoms with Gasteiger partial charge < -0.3 is 4.90 Å². The molecule has 0 aliphatic carbocycles. The zero-order valence-corrected chi connectivity index (χ0v) is 17.0. The lowest BCUT2D eigenvalue weighted by Gasteiger charge is -2.22. The van der Waals surface area contributed by atoms with Crippen molar-refractivity contribution in [3.8, 4) is 6.07 Å². The van der Waals surface area contributed by atoms with Crippen LogP contribution in [0.4, 0.5) is 5.69 Å². The highest BCUT2D eigenvalue weighted by molar-refractivity contribution is 7.92. The first-order valence-corrected chi connectivity index (χ1v) is 10.9. The highest BCUT2D eigenvalue weighted by Gasteiger charge is 2.19. The molecule has 0 aliphatic heterocycles. The van der Waals surface area contributed by atoms with E-state index in [9.17, 15) is 13.2 Å². The third-order valence-electron chi connectivity index (χ3n) is 4.43. The second kappa shape index (κ2) is 9.72. The lowest BCUT2D eigenvalue weighted by atomic mass is 10.1. The first kappa shape index (κ1) is 21.1. The molecule has 0 bridgehead atoms. The summed E-state index contributed by atoms with van der Waals surface area (Å²) in [6, 6.07) is 26.0. The van der Waals surface area contributed by atoms with E-state index in [0.29, 0.717) is 24.3 Å². The summed E-state index contributed by atoms with van der Waals surface area (Å²) in [6.07, 6.45) is 0.214. The van der Waals surface area contributed by atoms with Gasteiger partial charge in [0.05, 0.1) is 17.4 Å². The Morgan fingerprint density at radius 3 is 2.10 bits per heavy atom. The van der Waals surface area contributed by atoms with Crippen molar-refractivity contribution in [1.82, 2.24) is 4.90 Å². The Morgan fingerprint density at radius 2 is 1.50 bits per heavy atom. The Bertz CT molecular complexity index is 1120. The largest absolute Gasteiger partial charge is 0.333 e. The average molecular weight is 420 g/mol. The summed E-state index contributed by atoms with van der Waals surface area (Å²) in [5, 5.41) is 8.92. The van der Waals surface area contributed by atoms with E-state index in [1.807, 2.05) is 30.3 Å². The van der Waals surface area contributed by atoms with Gasteiger partial charge in [0.15, 0.2) is 0 Å². The first-order valence-electron chi connectivity index (χ1n) is 9.38. The minimum absolute atomic E-state index is 0.0644. The maximum atomic E-state index is 13.0. The molecular formula is C23H21N3O3S. The number of carbonyl (C=O) groups is 1. The van der Waals surface area contributed by atoms with Crippen LogP contribution in [-0.2, 0) is 16.6 Å². The lowest BCUT2D eigenvalue weighted by molar-refractivity contribution is 0.0747. The SMILES string of the molecule is N#CCCN(Cc1ccccc1)C(=O)c1ccc(S(=O)(=O)Nc2ccccc2)cc1. The van der Waals surface area contributed by atoms with E-state index in [4.69, 9.17) is 5.26 Å². The molecule has 0 aromatic heterocycles. The van der Waals surface area contributed by atoms with Gasteiger partial charge in [-0.25, -0.2) is 8.42 Å². The molecule has 3 aromatic carbocycles. The number of rotatable bonds is 8. The normalized spacial score (nSPS) is 10.8. The molecule has 0 spiro atoms. The predicted octanol–water partition coefficient (Wildman–Crippen LogP) is 4.04. The molecule has 0 aliphatic rings. The summed E-state index contributed by atoms with van der Waals surface area (Å²) in [4.78, 5) is 14.6. The summed E-state index contributed by atoms with van der Waals surface area (Å²) in [5.41, 5.74) is 1.78. The van der Waals surface area contributed by atoms with E-state index in [0.717, 1.165) is 5.56 Å². The van der Waals surface area contributed by atoms with Crippen molar-refractivity contribution in [3.63, 3.8) is 0 Å². The molecule has 0 unspecified atom stereocenters. The fourth-order valence-corrected chi connectivity index (χ4v) is 3.98. The summed E-state index contributed by atoms with van der Waals surface area (Å²) in [7, 11) is -3.76. The Hall–Kier alpha value is -3.63. The maximum absolute atomic E-state index is 13.0. The highest BCUT2D eigenvalue weighted by Crippen LogP contribution is 2.18. The van der Waals surface area contributed by atoms with Crippen LogP contribution < -0.4 is 4.72 Å². The number of sulfonamides is 1. The molecule has 3 rings (SSSR count). The van der Waals surface area contributed by atoms with E-state index in [1.165, 1.54) is 24.3 Å². The molecule has 1 N–H and O–H groups in total. The van der Waals surface area contributed by atoms with Gasteiger partial charge in [-0.05, 0) is 42.0 Å². The molecular weight excluding hydrogens is 398 g/mol. The van der Waals surface area contributed by atoms with Crippen molar-refractivity contribution in [2.24, 2.45) is 0 Å². The number of amides is 1. The number of nitrogens with zero attached hydrogens (tertiary/aromatic N) is 2. The predicted molar refractivity (Wildman–Crippen MR) is 115 cm³/mol. The van der Waals surface area contributed by atoms with Gasteiger partial charge in [0, 0.05) is 24.3 Å². The summed E-state index contributed by atoms with van der Waals surface area (Å²) < 4.78 is 27.6. The van der Waals surface area contributed by atoms with Gasteiger partial charge in [-0.15, -0.1) is 0 Å². The Balaban J connectivity index is 1.77. The van der Waals surface area contributed by atoms with Crippen LogP contribution in [0.1, 0.15) is 22.3 Å². The molecule has 6 nitrogen and oxygen atoms in total. The first-order chi connectivity index (χ1) is 14.5. The van der Waals surface area contributed by atoms with Crippen molar-refractivity contribution < 1.29 is 13.2 Å². The second-order valence-electron chi connectivity index (χ2n) is 6.62. The fraction of sp³-hybridized carbons (Fsp3) is 0.130. The fourth-order valence-electron chi connectivity index (χ4n) is 2.92. The molecule has 7 heteroatoms. The van der Waals surface area contributed by atoms with Crippen LogP contribution in [0.2, 0.25) is 0 Å². The van der Waals surface area contributed by atoms with Gasteiger partial charge in [0.25, 0.3) is 15.9 Å². The monoisotopic (exact) mass is 419 g/mol. The number of nitrogens with one attached hydrogen (secondary N) is 1. The van der Waals surface area contributed by atoms with Crippen molar-refractivity contribution in [3.05, 3.63) is 96.1 Å². The smallest absolute Gasteiger partial charge is 0.261 e. The number of carbonyl (C=O) groups excluding carboxylic acids is 1. The molecule has 0 atom stereocenters. The van der Waals surface area contributed by atoms with E-state index < -0.39 is 10.0 Å². The van der Waals surface area contributed by atoms with Crippen LogP contribution in [0.25, 0.3) is 0 Å². The highest BCUT2D eigenvalue weighted by atomic mass is 32.2. The zero-order valence-electron chi connectivity index (χ0n) is 16.2. The summed E-state index contributed by atoms with van der Waals surface area (Å²) in [5.74, 6) is -0.255. The minimum atomic E-state index is -3.76. The molecule has 0 saturated heterocycles. The van der Waals surface area contributed by atoms with Crippen LogP contribution >= 0.6 is 0 Å². The van der Waals surface area contributed by atoms with E-state index in [-0.39, 0.29) is 17.2 Å². The van der Waals surface area contributed by atoms with E-state index >= 15 is 0 Å². The zero-order chi connectivity index (χ0) is 21.4. The van der Waals surface area contributed by atoms with Crippen LogP contribution in [-0.4, -0.2) is 25.8 Å². The maximum Gasteiger partial charge on any atom is 0.261 e. The molecule has 0 radical (unpaired) electrons. The van der Waals surface area contributed by atoms with E-state index in [2.05, 4.69) is 10.8 Å². The molecule has 3 aromatic rings. The lowest BCUT2D eigenvalue weighted by Crippen LogP contribution is -2.31. The minimum Gasteiger partial charge on any atom is -0.333 e. The van der Waals surface area contributed by atoms with Gasteiger partial charge in [0.2, 0.25) is 0 Å². The quantitative estimate of drug-likeness (QED) is 0.597. The van der Waals surface area contributed by atoms with Crippen molar-refractivity contribution in [2.45, 2.75) is 17.9 Å². The van der Waals surface area contributed by atoms with Crippen LogP contribution in [0.3, 0.4) is 0 Å². The summed E-state index contributed by atoms with van der Waals surface area (Å²) in [6.45, 7) is 0.663. The van der Waals surface area contributed by atoms with Gasteiger partial charge in [0.1, 0.15) is 0 Å². The molecule has 0 saturated carbocycles. The van der Waals surface area contributed by atoms with Gasteiger partial charge >= 0.3 is 0 Å². The Labute approximate surface area is 176 Å². The molecule has 30 heavy (non-hydrogen) atoms. The van der Waals surface area contributed by atoms with E-state index in [1.54, 1.807) is 35.2 Å². The van der Waals surface area contributed by atoms with Crippen molar-refractivity contribution in [2.75, 3.05) is 11.3 Å². The van der Waals surface area contributed by atoms with Crippen LogP contribution in [0.5, 0.6) is 0 Å². The van der Waals surface area contributed by atoms with Crippen molar-refractivity contribution >= 4 is 21.6 Å². The third kappa shape index (κ3) is 5.46. The topological polar surface area (TPSA) is 90.3 Å².